The maximum atomic E-state index is 6.18. The lowest BCUT2D eigenvalue weighted by Crippen LogP contribution is -2.15. The molecule has 0 amide bonds. The Morgan fingerprint density at radius 1 is 1.17 bits per heavy atom. The van der Waals surface area contributed by atoms with Crippen LogP contribution in [0.1, 0.15) is 17.3 Å². The lowest BCUT2D eigenvalue weighted by Gasteiger charge is -2.10. The maximum Gasteiger partial charge on any atom is 0.0890 e. The highest BCUT2D eigenvalue weighted by Crippen LogP contribution is 2.17. The average Bonchev–Trinajstić information content (AvgIpc) is 2.91. The van der Waals surface area contributed by atoms with Gasteiger partial charge in [0.25, 0.3) is 0 Å². The van der Waals surface area contributed by atoms with Gasteiger partial charge in [-0.25, -0.2) is 4.98 Å². The van der Waals surface area contributed by atoms with Crippen molar-refractivity contribution in [2.24, 2.45) is 5.73 Å². The van der Waals surface area contributed by atoms with Gasteiger partial charge in [0, 0.05) is 0 Å². The summed E-state index contributed by atoms with van der Waals surface area (Å²) in [5.74, 6) is 0. The molecule has 4 heteroatoms. The normalized spacial score (nSPS) is 12.7. The van der Waals surface area contributed by atoms with E-state index in [-0.39, 0.29) is 6.04 Å². The molecule has 0 bridgehead atoms. The van der Waals surface area contributed by atoms with Crippen LogP contribution in [0.2, 0.25) is 0 Å². The van der Waals surface area contributed by atoms with E-state index in [9.17, 15) is 0 Å². The molecule has 2 aromatic heterocycles. The number of para-hydroxylation sites is 2. The third-order valence-electron chi connectivity index (χ3n) is 2.88. The van der Waals surface area contributed by atoms with E-state index in [4.69, 9.17) is 5.73 Å². The van der Waals surface area contributed by atoms with Crippen LogP contribution in [-0.4, -0.2) is 9.97 Å². The average molecular weight is 255 g/mol. The molecule has 3 nitrogen and oxygen atoms in total. The Morgan fingerprint density at radius 2 is 2.00 bits per heavy atom. The lowest BCUT2D eigenvalue weighted by atomic mass is 10.1. The number of rotatable bonds is 3. The Kier molecular flexibility index (Phi) is 3.04. The minimum Gasteiger partial charge on any atom is -0.322 e. The molecule has 0 saturated carbocycles. The zero-order valence-electron chi connectivity index (χ0n) is 9.78. The minimum absolute atomic E-state index is 0.100. The largest absolute Gasteiger partial charge is 0.322 e. The van der Waals surface area contributed by atoms with Gasteiger partial charge in [0.15, 0.2) is 0 Å². The molecule has 1 unspecified atom stereocenters. The summed E-state index contributed by atoms with van der Waals surface area (Å²) < 4.78 is 0. The molecule has 0 fully saturated rings. The van der Waals surface area contributed by atoms with Crippen LogP contribution in [0.4, 0.5) is 0 Å². The van der Waals surface area contributed by atoms with Crippen LogP contribution in [0.5, 0.6) is 0 Å². The van der Waals surface area contributed by atoms with E-state index in [0.29, 0.717) is 0 Å². The van der Waals surface area contributed by atoms with E-state index in [2.05, 4.69) is 26.8 Å². The number of thiophene rings is 1. The van der Waals surface area contributed by atoms with Crippen LogP contribution in [0.15, 0.2) is 47.3 Å². The fraction of sp³-hybridized carbons (Fsp3) is 0.143. The smallest absolute Gasteiger partial charge is 0.0890 e. The van der Waals surface area contributed by atoms with Crippen molar-refractivity contribution in [2.45, 2.75) is 12.5 Å². The Hall–Kier alpha value is -1.78. The summed E-state index contributed by atoms with van der Waals surface area (Å²) in [4.78, 5) is 8.96. The van der Waals surface area contributed by atoms with Gasteiger partial charge in [-0.2, -0.15) is 11.3 Å². The predicted molar refractivity (Wildman–Crippen MR) is 74.5 cm³/mol. The summed E-state index contributed by atoms with van der Waals surface area (Å²) in [6.45, 7) is 0. The maximum absolute atomic E-state index is 6.18. The summed E-state index contributed by atoms with van der Waals surface area (Å²) in [5, 5.41) is 4.18. The van der Waals surface area contributed by atoms with E-state index in [1.54, 1.807) is 17.5 Å². The molecule has 90 valence electrons. The summed E-state index contributed by atoms with van der Waals surface area (Å²) in [6, 6.07) is 9.84. The van der Waals surface area contributed by atoms with Crippen molar-refractivity contribution in [3.05, 3.63) is 58.5 Å². The van der Waals surface area contributed by atoms with Crippen molar-refractivity contribution in [3.8, 4) is 0 Å². The summed E-state index contributed by atoms with van der Waals surface area (Å²) >= 11 is 1.69. The molecule has 2 heterocycles. The first-order chi connectivity index (χ1) is 8.83. The first kappa shape index (κ1) is 11.3. The van der Waals surface area contributed by atoms with Gasteiger partial charge < -0.3 is 5.73 Å². The lowest BCUT2D eigenvalue weighted by molar-refractivity contribution is 0.697. The monoisotopic (exact) mass is 255 g/mol. The molecule has 1 atom stereocenters. The topological polar surface area (TPSA) is 51.8 Å². The van der Waals surface area contributed by atoms with Crippen molar-refractivity contribution >= 4 is 22.4 Å². The molecule has 1 aromatic carbocycles. The number of hydrogen-bond donors (Lipinski definition) is 1. The third kappa shape index (κ3) is 2.25. The number of aromatic nitrogens is 2. The summed E-state index contributed by atoms with van der Waals surface area (Å²) in [5.41, 5.74) is 10.1. The molecule has 0 aliphatic rings. The highest BCUT2D eigenvalue weighted by atomic mass is 32.1. The van der Waals surface area contributed by atoms with Crippen molar-refractivity contribution in [1.82, 2.24) is 9.97 Å². The van der Waals surface area contributed by atoms with E-state index in [1.165, 1.54) is 5.56 Å². The first-order valence-electron chi connectivity index (χ1n) is 5.81. The molecule has 0 spiro atoms. The molecule has 0 radical (unpaired) electrons. The number of nitrogens with two attached hydrogens (primary N) is 1. The van der Waals surface area contributed by atoms with Crippen LogP contribution < -0.4 is 5.73 Å². The van der Waals surface area contributed by atoms with E-state index in [0.717, 1.165) is 23.1 Å². The number of hydrogen-bond acceptors (Lipinski definition) is 4. The Balaban J connectivity index is 1.89. The van der Waals surface area contributed by atoms with Crippen LogP contribution >= 0.6 is 11.3 Å². The third-order valence-corrected chi connectivity index (χ3v) is 3.61. The van der Waals surface area contributed by atoms with Crippen LogP contribution in [0.3, 0.4) is 0 Å². The molecule has 3 rings (SSSR count). The van der Waals surface area contributed by atoms with E-state index in [1.807, 2.05) is 24.3 Å². The van der Waals surface area contributed by atoms with Crippen molar-refractivity contribution in [3.63, 3.8) is 0 Å². The van der Waals surface area contributed by atoms with Gasteiger partial charge >= 0.3 is 0 Å². The van der Waals surface area contributed by atoms with Gasteiger partial charge in [-0.15, -0.1) is 0 Å². The Bertz CT molecular complexity index is 649. The fourth-order valence-electron chi connectivity index (χ4n) is 1.92. The number of benzene rings is 1. The summed E-state index contributed by atoms with van der Waals surface area (Å²) in [6.07, 6.45) is 2.58. The fourth-order valence-corrected chi connectivity index (χ4v) is 2.60. The van der Waals surface area contributed by atoms with Gasteiger partial charge in [0.1, 0.15) is 0 Å². The molecule has 0 saturated heterocycles. The van der Waals surface area contributed by atoms with Crippen LogP contribution in [-0.2, 0) is 6.42 Å². The van der Waals surface area contributed by atoms with Gasteiger partial charge in [0.2, 0.25) is 0 Å². The van der Waals surface area contributed by atoms with E-state index >= 15 is 0 Å². The molecular formula is C14H13N3S. The van der Waals surface area contributed by atoms with Gasteiger partial charge in [-0.3, -0.25) is 4.98 Å². The highest BCUT2D eigenvalue weighted by Gasteiger charge is 2.10. The van der Waals surface area contributed by atoms with Gasteiger partial charge in [-0.05, 0) is 40.9 Å². The second kappa shape index (κ2) is 4.84. The molecule has 3 aromatic rings. The molecule has 2 N–H and O–H groups in total. The van der Waals surface area contributed by atoms with Crippen molar-refractivity contribution < 1.29 is 0 Å². The number of fused-ring (bicyclic) bond motifs is 1. The quantitative estimate of drug-likeness (QED) is 0.783. The van der Waals surface area contributed by atoms with Gasteiger partial charge in [0.05, 0.1) is 29.0 Å². The molecule has 18 heavy (non-hydrogen) atoms. The second-order valence-corrected chi connectivity index (χ2v) is 5.01. The molecule has 0 aliphatic carbocycles. The Labute approximate surface area is 109 Å². The second-order valence-electron chi connectivity index (χ2n) is 4.23. The zero-order chi connectivity index (χ0) is 12.4. The van der Waals surface area contributed by atoms with Gasteiger partial charge in [-0.1, -0.05) is 12.1 Å². The number of nitrogens with zero attached hydrogens (tertiary/aromatic N) is 2. The zero-order valence-corrected chi connectivity index (χ0v) is 10.6. The highest BCUT2D eigenvalue weighted by molar-refractivity contribution is 7.07. The first-order valence-corrected chi connectivity index (χ1v) is 6.75. The van der Waals surface area contributed by atoms with Crippen LogP contribution in [0, 0.1) is 0 Å². The predicted octanol–water partition coefficient (Wildman–Crippen LogP) is 2.93. The SMILES string of the molecule is NC(Cc1ccsc1)c1cnc2ccccc2n1. The minimum atomic E-state index is -0.100. The molecular weight excluding hydrogens is 242 g/mol. The molecule has 0 aliphatic heterocycles. The van der Waals surface area contributed by atoms with Crippen molar-refractivity contribution in [2.75, 3.05) is 0 Å². The van der Waals surface area contributed by atoms with Crippen molar-refractivity contribution in [1.29, 1.82) is 0 Å². The Morgan fingerprint density at radius 3 is 2.78 bits per heavy atom. The summed E-state index contributed by atoms with van der Waals surface area (Å²) in [7, 11) is 0. The van der Waals surface area contributed by atoms with E-state index < -0.39 is 0 Å². The van der Waals surface area contributed by atoms with Crippen LogP contribution in [0.25, 0.3) is 11.0 Å². The standard InChI is InChI=1S/C14H13N3S/c15-11(7-10-5-6-18-9-10)14-8-16-12-3-1-2-4-13(12)17-14/h1-6,8-9,11H,7,15H2.